The van der Waals surface area contributed by atoms with Gasteiger partial charge in [-0.2, -0.15) is 4.68 Å². The molecule has 0 spiro atoms. The Morgan fingerprint density at radius 3 is 2.54 bits per heavy atom. The summed E-state index contributed by atoms with van der Waals surface area (Å²) in [6.45, 7) is 1.38. The van der Waals surface area contributed by atoms with E-state index in [2.05, 4.69) is 15.3 Å². The smallest absolute Gasteiger partial charge is 0.271 e. The molecular weight excluding hydrogens is 359 g/mol. The first-order valence-corrected chi connectivity index (χ1v) is 10.0. The van der Waals surface area contributed by atoms with Crippen molar-refractivity contribution in [1.82, 2.24) is 15.1 Å². The molecule has 4 rings (SSSR count). The van der Waals surface area contributed by atoms with Crippen molar-refractivity contribution in [2.75, 3.05) is 18.0 Å². The fraction of sp³-hybridized carbons (Fsp3) is 0.476. The number of amides is 1. The lowest BCUT2D eigenvalue weighted by molar-refractivity contribution is -0.125. The first-order chi connectivity index (χ1) is 13.6. The zero-order valence-corrected chi connectivity index (χ0v) is 15.8. The van der Waals surface area contributed by atoms with Crippen molar-refractivity contribution < 1.29 is 9.18 Å². The van der Waals surface area contributed by atoms with Gasteiger partial charge in [-0.15, -0.1) is 5.10 Å². The monoisotopic (exact) mass is 384 g/mol. The fourth-order valence-corrected chi connectivity index (χ4v) is 4.13. The molecule has 1 saturated carbocycles. The first kappa shape index (κ1) is 18.7. The van der Waals surface area contributed by atoms with Crippen molar-refractivity contribution in [2.24, 2.45) is 5.92 Å². The largest absolute Gasteiger partial charge is 0.354 e. The van der Waals surface area contributed by atoms with E-state index in [1.54, 1.807) is 6.07 Å². The lowest BCUT2D eigenvalue weighted by Crippen LogP contribution is -2.46. The summed E-state index contributed by atoms with van der Waals surface area (Å²) in [5, 5.41) is 7.66. The minimum atomic E-state index is -0.361. The van der Waals surface area contributed by atoms with E-state index in [1.165, 1.54) is 47.9 Å². The van der Waals surface area contributed by atoms with Gasteiger partial charge in [-0.3, -0.25) is 9.59 Å². The predicted molar refractivity (Wildman–Crippen MR) is 105 cm³/mol. The normalized spacial score (nSPS) is 20.3. The molecule has 2 aliphatic rings. The third kappa shape index (κ3) is 4.08. The molecule has 2 heterocycles. The van der Waals surface area contributed by atoms with Gasteiger partial charge in [0.15, 0.2) is 0 Å². The molecule has 0 bridgehead atoms. The minimum absolute atomic E-state index is 0.0673. The van der Waals surface area contributed by atoms with Crippen LogP contribution in [0.25, 0.3) is 5.69 Å². The molecule has 6 nitrogen and oxygen atoms in total. The summed E-state index contributed by atoms with van der Waals surface area (Å²) >= 11 is 0. The van der Waals surface area contributed by atoms with E-state index in [0.717, 1.165) is 32.2 Å². The van der Waals surface area contributed by atoms with Crippen molar-refractivity contribution in [3.05, 3.63) is 52.6 Å². The number of nitrogens with zero attached hydrogens (tertiary/aromatic N) is 3. The SMILES string of the molecule is O=C(NC1CCCC1)C1CCCN(c2ccc(=O)n(-c3ccc(F)cc3)n2)C1. The summed E-state index contributed by atoms with van der Waals surface area (Å²) < 4.78 is 14.5. The molecule has 1 aliphatic heterocycles. The van der Waals surface area contributed by atoms with E-state index in [9.17, 15) is 14.0 Å². The van der Waals surface area contributed by atoms with Crippen LogP contribution >= 0.6 is 0 Å². The number of hydrogen-bond acceptors (Lipinski definition) is 4. The van der Waals surface area contributed by atoms with Crippen molar-refractivity contribution in [3.8, 4) is 5.69 Å². The molecule has 1 atom stereocenters. The lowest BCUT2D eigenvalue weighted by Gasteiger charge is -2.33. The summed E-state index contributed by atoms with van der Waals surface area (Å²) in [5.74, 6) is 0.355. The first-order valence-electron chi connectivity index (χ1n) is 10.0. The number of carbonyl (C=O) groups is 1. The number of rotatable bonds is 4. The van der Waals surface area contributed by atoms with Gasteiger partial charge in [-0.1, -0.05) is 12.8 Å². The zero-order chi connectivity index (χ0) is 19.5. The molecule has 1 unspecified atom stereocenters. The van der Waals surface area contributed by atoms with Crippen molar-refractivity contribution in [2.45, 2.75) is 44.6 Å². The van der Waals surface area contributed by atoms with Gasteiger partial charge in [-0.25, -0.2) is 4.39 Å². The van der Waals surface area contributed by atoms with E-state index < -0.39 is 0 Å². The zero-order valence-electron chi connectivity index (χ0n) is 15.8. The van der Waals surface area contributed by atoms with Gasteiger partial charge in [0.05, 0.1) is 11.6 Å². The molecule has 2 fully saturated rings. The van der Waals surface area contributed by atoms with Gasteiger partial charge in [0, 0.05) is 25.2 Å². The van der Waals surface area contributed by atoms with Crippen LogP contribution < -0.4 is 15.8 Å². The molecule has 0 radical (unpaired) electrons. The molecule has 1 N–H and O–H groups in total. The number of nitrogens with one attached hydrogen (secondary N) is 1. The van der Waals surface area contributed by atoms with Crippen LogP contribution in [0.1, 0.15) is 38.5 Å². The van der Waals surface area contributed by atoms with Crippen LogP contribution in [0.4, 0.5) is 10.2 Å². The average molecular weight is 384 g/mol. The molecule has 7 heteroatoms. The number of benzene rings is 1. The van der Waals surface area contributed by atoms with Gasteiger partial charge >= 0.3 is 0 Å². The Hall–Kier alpha value is -2.70. The Balaban J connectivity index is 1.50. The topological polar surface area (TPSA) is 67.2 Å². The van der Waals surface area contributed by atoms with E-state index in [-0.39, 0.29) is 23.2 Å². The quantitative estimate of drug-likeness (QED) is 0.880. The average Bonchev–Trinajstić information content (AvgIpc) is 3.22. The molecule has 2 aromatic rings. The highest BCUT2D eigenvalue weighted by Crippen LogP contribution is 2.23. The highest BCUT2D eigenvalue weighted by atomic mass is 19.1. The van der Waals surface area contributed by atoms with Crippen LogP contribution in [0.15, 0.2) is 41.2 Å². The van der Waals surface area contributed by atoms with Crippen molar-refractivity contribution in [3.63, 3.8) is 0 Å². The van der Waals surface area contributed by atoms with Gasteiger partial charge in [-0.05, 0) is 56.0 Å². The Morgan fingerprint density at radius 1 is 1.04 bits per heavy atom. The maximum Gasteiger partial charge on any atom is 0.271 e. The lowest BCUT2D eigenvalue weighted by atomic mass is 9.96. The second-order valence-electron chi connectivity index (χ2n) is 7.69. The van der Waals surface area contributed by atoms with E-state index >= 15 is 0 Å². The Labute approximate surface area is 163 Å². The minimum Gasteiger partial charge on any atom is -0.354 e. The number of carbonyl (C=O) groups excluding carboxylic acids is 1. The van der Waals surface area contributed by atoms with Gasteiger partial charge in [0.2, 0.25) is 5.91 Å². The van der Waals surface area contributed by atoms with Gasteiger partial charge in [0.25, 0.3) is 5.56 Å². The number of halogens is 1. The summed E-state index contributed by atoms with van der Waals surface area (Å²) in [4.78, 5) is 26.9. The summed E-state index contributed by atoms with van der Waals surface area (Å²) in [6.07, 6.45) is 6.30. The van der Waals surface area contributed by atoms with Crippen LogP contribution in [0.2, 0.25) is 0 Å². The maximum absolute atomic E-state index is 13.2. The third-order valence-corrected chi connectivity index (χ3v) is 5.68. The molecule has 1 aromatic heterocycles. The van der Waals surface area contributed by atoms with Crippen LogP contribution in [0, 0.1) is 11.7 Å². The Kier molecular flexibility index (Phi) is 5.41. The van der Waals surface area contributed by atoms with E-state index in [0.29, 0.717) is 24.1 Å². The summed E-state index contributed by atoms with van der Waals surface area (Å²) in [5.41, 5.74) is 0.240. The summed E-state index contributed by atoms with van der Waals surface area (Å²) in [6, 6.07) is 9.15. The van der Waals surface area contributed by atoms with Gasteiger partial charge in [0.1, 0.15) is 11.6 Å². The number of anilines is 1. The standard InChI is InChI=1S/C21H25FN4O2/c22-16-7-9-18(10-8-16)26-20(27)12-11-19(24-26)25-13-3-4-15(14-25)21(28)23-17-5-1-2-6-17/h7-12,15,17H,1-6,13-14H2,(H,23,28). The Bertz CT molecular complexity index is 890. The van der Waals surface area contributed by atoms with E-state index in [1.807, 2.05) is 0 Å². The predicted octanol–water partition coefficient (Wildman–Crippen LogP) is 2.65. The number of aromatic nitrogens is 2. The fourth-order valence-electron chi connectivity index (χ4n) is 4.13. The molecule has 148 valence electrons. The van der Waals surface area contributed by atoms with Crippen molar-refractivity contribution >= 4 is 11.7 Å². The molecule has 1 saturated heterocycles. The third-order valence-electron chi connectivity index (χ3n) is 5.68. The highest BCUT2D eigenvalue weighted by molar-refractivity contribution is 5.79. The molecule has 28 heavy (non-hydrogen) atoms. The van der Waals surface area contributed by atoms with Crippen LogP contribution in [-0.4, -0.2) is 34.8 Å². The molecular formula is C21H25FN4O2. The molecule has 1 aliphatic carbocycles. The van der Waals surface area contributed by atoms with Gasteiger partial charge < -0.3 is 10.2 Å². The summed E-state index contributed by atoms with van der Waals surface area (Å²) in [7, 11) is 0. The van der Waals surface area contributed by atoms with E-state index in [4.69, 9.17) is 0 Å². The van der Waals surface area contributed by atoms with Crippen LogP contribution in [0.3, 0.4) is 0 Å². The number of hydrogen-bond donors (Lipinski definition) is 1. The van der Waals surface area contributed by atoms with Crippen molar-refractivity contribution in [1.29, 1.82) is 0 Å². The second-order valence-corrected chi connectivity index (χ2v) is 7.69. The second kappa shape index (κ2) is 8.12. The maximum atomic E-state index is 13.2. The van der Waals surface area contributed by atoms with Crippen LogP contribution in [0.5, 0.6) is 0 Å². The Morgan fingerprint density at radius 2 is 1.79 bits per heavy atom. The molecule has 1 aromatic carbocycles. The highest BCUT2D eigenvalue weighted by Gasteiger charge is 2.29. The molecule has 1 amide bonds. The number of piperidine rings is 1. The van der Waals surface area contributed by atoms with Crippen LogP contribution in [-0.2, 0) is 4.79 Å².